The molecule has 0 aromatic carbocycles. The van der Waals surface area contributed by atoms with Crippen molar-refractivity contribution in [1.82, 2.24) is 10.2 Å². The lowest BCUT2D eigenvalue weighted by Crippen LogP contribution is -2.43. The number of aliphatic imine (C=N–C) groups is 1. The van der Waals surface area contributed by atoms with Crippen molar-refractivity contribution in [3.63, 3.8) is 0 Å². The van der Waals surface area contributed by atoms with Crippen LogP contribution >= 0.6 is 24.0 Å². The molecule has 0 spiro atoms. The van der Waals surface area contributed by atoms with E-state index in [0.717, 1.165) is 38.2 Å². The molecular weight excluding hydrogens is 425 g/mol. The molecule has 23 heavy (non-hydrogen) atoms. The maximum absolute atomic E-state index is 11.5. The molecule has 136 valence electrons. The fourth-order valence-electron chi connectivity index (χ4n) is 2.68. The van der Waals surface area contributed by atoms with Crippen LogP contribution in [0.1, 0.15) is 38.5 Å². The average Bonchev–Trinajstić information content (AvgIpc) is 3.16. The number of sulfone groups is 1. The molecule has 0 aromatic heterocycles. The van der Waals surface area contributed by atoms with E-state index in [1.165, 1.54) is 19.1 Å². The topological polar surface area (TPSA) is 61.8 Å². The lowest BCUT2D eigenvalue weighted by Gasteiger charge is -2.24. The SMILES string of the molecule is C=CCCCCCN(C)C(=NC)NCC1(CS(C)(=O)=O)CC1.I. The standard InChI is InChI=1S/C16H31N3O2S.HI/c1-5-6-7-8-9-12-19(3)15(17-2)18-13-16(10-11-16)14-22(4,20)21;/h5H,1,6-14H2,2-4H3,(H,17,18);1H. The highest BCUT2D eigenvalue weighted by Gasteiger charge is 2.45. The Kier molecular flexibility index (Phi) is 10.4. The normalized spacial score (nSPS) is 16.4. The molecule has 1 N–H and O–H groups in total. The van der Waals surface area contributed by atoms with E-state index in [-0.39, 0.29) is 35.1 Å². The van der Waals surface area contributed by atoms with Crippen LogP contribution < -0.4 is 5.32 Å². The van der Waals surface area contributed by atoms with Gasteiger partial charge in [-0.3, -0.25) is 4.99 Å². The molecule has 5 nitrogen and oxygen atoms in total. The van der Waals surface area contributed by atoms with Crippen molar-refractivity contribution in [1.29, 1.82) is 0 Å². The molecule has 1 aliphatic carbocycles. The van der Waals surface area contributed by atoms with Gasteiger partial charge in [-0.1, -0.05) is 12.5 Å². The number of allylic oxidation sites excluding steroid dienone is 1. The van der Waals surface area contributed by atoms with E-state index in [4.69, 9.17) is 0 Å². The molecule has 0 saturated heterocycles. The van der Waals surface area contributed by atoms with E-state index in [1.54, 1.807) is 7.05 Å². The summed E-state index contributed by atoms with van der Waals surface area (Å²) in [4.78, 5) is 6.41. The van der Waals surface area contributed by atoms with E-state index in [9.17, 15) is 8.42 Å². The predicted octanol–water partition coefficient (Wildman–Crippen LogP) is 2.68. The zero-order valence-electron chi connectivity index (χ0n) is 14.7. The van der Waals surface area contributed by atoms with Gasteiger partial charge in [0.2, 0.25) is 0 Å². The third-order valence-corrected chi connectivity index (χ3v) is 5.26. The number of unbranched alkanes of at least 4 members (excludes halogenated alkanes) is 3. The van der Waals surface area contributed by atoms with Crippen LogP contribution in [0.25, 0.3) is 0 Å². The average molecular weight is 457 g/mol. The van der Waals surface area contributed by atoms with Gasteiger partial charge in [-0.15, -0.1) is 30.6 Å². The van der Waals surface area contributed by atoms with Crippen LogP contribution in [-0.4, -0.2) is 58.5 Å². The third-order valence-electron chi connectivity index (χ3n) is 4.12. The summed E-state index contributed by atoms with van der Waals surface area (Å²) in [7, 11) is 0.878. The van der Waals surface area contributed by atoms with Crippen molar-refractivity contribution >= 4 is 39.8 Å². The highest BCUT2D eigenvalue weighted by Crippen LogP contribution is 2.46. The second-order valence-corrected chi connectivity index (χ2v) is 8.67. The van der Waals surface area contributed by atoms with Crippen LogP contribution in [0.3, 0.4) is 0 Å². The molecule has 0 bridgehead atoms. The van der Waals surface area contributed by atoms with Gasteiger partial charge in [0.15, 0.2) is 5.96 Å². The molecule has 0 aliphatic heterocycles. The number of hydrogen-bond acceptors (Lipinski definition) is 3. The molecule has 7 heteroatoms. The summed E-state index contributed by atoms with van der Waals surface area (Å²) in [5, 5.41) is 3.34. The molecular formula is C16H32IN3O2S. The second kappa shape index (κ2) is 10.5. The lowest BCUT2D eigenvalue weighted by molar-refractivity contribution is 0.442. The van der Waals surface area contributed by atoms with Gasteiger partial charge in [-0.05, 0) is 32.1 Å². The summed E-state index contributed by atoms with van der Waals surface area (Å²) in [6, 6.07) is 0. The Balaban J connectivity index is 0.00000484. The maximum atomic E-state index is 11.5. The molecule has 1 saturated carbocycles. The van der Waals surface area contributed by atoms with E-state index in [1.807, 2.05) is 13.1 Å². The number of guanidine groups is 1. The van der Waals surface area contributed by atoms with Gasteiger partial charge in [-0.25, -0.2) is 8.42 Å². The second-order valence-electron chi connectivity index (χ2n) is 6.53. The van der Waals surface area contributed by atoms with Crippen molar-refractivity contribution in [2.75, 3.05) is 39.2 Å². The van der Waals surface area contributed by atoms with Crippen LogP contribution in [0.15, 0.2) is 17.6 Å². The van der Waals surface area contributed by atoms with Crippen molar-refractivity contribution < 1.29 is 8.42 Å². The minimum atomic E-state index is -2.92. The molecule has 0 atom stereocenters. The summed E-state index contributed by atoms with van der Waals surface area (Å²) in [6.07, 6.45) is 9.80. The maximum Gasteiger partial charge on any atom is 0.193 e. The third kappa shape index (κ3) is 9.54. The van der Waals surface area contributed by atoms with Gasteiger partial charge in [0.1, 0.15) is 9.84 Å². The first-order valence-corrected chi connectivity index (χ1v) is 10.1. The lowest BCUT2D eigenvalue weighted by atomic mass is 10.1. The van der Waals surface area contributed by atoms with Crippen molar-refractivity contribution in [2.45, 2.75) is 38.5 Å². The summed E-state index contributed by atoms with van der Waals surface area (Å²) in [5.74, 6) is 1.12. The Labute approximate surface area is 158 Å². The van der Waals surface area contributed by atoms with Gasteiger partial charge in [0.05, 0.1) is 5.75 Å². The number of halogens is 1. The fraction of sp³-hybridized carbons (Fsp3) is 0.812. The predicted molar refractivity (Wildman–Crippen MR) is 109 cm³/mol. The van der Waals surface area contributed by atoms with Crippen molar-refractivity contribution in [2.24, 2.45) is 10.4 Å². The van der Waals surface area contributed by atoms with Crippen LogP contribution in [0.4, 0.5) is 0 Å². The number of rotatable bonds is 10. The number of nitrogens with zero attached hydrogens (tertiary/aromatic N) is 2. The Morgan fingerprint density at radius 3 is 2.48 bits per heavy atom. The van der Waals surface area contributed by atoms with Crippen LogP contribution in [-0.2, 0) is 9.84 Å². The molecule has 1 fully saturated rings. The summed E-state index contributed by atoms with van der Waals surface area (Å²) in [5.41, 5.74) is -0.0751. The smallest absolute Gasteiger partial charge is 0.193 e. The zero-order valence-corrected chi connectivity index (χ0v) is 17.8. The largest absolute Gasteiger partial charge is 0.356 e. The van der Waals surface area contributed by atoms with E-state index in [0.29, 0.717) is 6.54 Å². The summed E-state index contributed by atoms with van der Waals surface area (Å²) >= 11 is 0. The minimum absolute atomic E-state index is 0. The van der Waals surface area contributed by atoms with Gasteiger partial charge in [0, 0.05) is 38.9 Å². The van der Waals surface area contributed by atoms with Crippen LogP contribution in [0.5, 0.6) is 0 Å². The van der Waals surface area contributed by atoms with E-state index >= 15 is 0 Å². The number of nitrogens with one attached hydrogen (secondary N) is 1. The van der Waals surface area contributed by atoms with Crippen LogP contribution in [0.2, 0.25) is 0 Å². The quantitative estimate of drug-likeness (QED) is 0.180. The highest BCUT2D eigenvalue weighted by molar-refractivity contribution is 14.0. The molecule has 1 rings (SSSR count). The first kappa shape index (κ1) is 22.7. The Morgan fingerprint density at radius 1 is 1.35 bits per heavy atom. The van der Waals surface area contributed by atoms with Gasteiger partial charge < -0.3 is 10.2 Å². The number of hydrogen-bond donors (Lipinski definition) is 1. The Hall–Kier alpha value is -0.310. The summed E-state index contributed by atoms with van der Waals surface area (Å²) < 4.78 is 23.0. The molecule has 0 radical (unpaired) electrons. The van der Waals surface area contributed by atoms with Crippen molar-refractivity contribution in [3.05, 3.63) is 12.7 Å². The molecule has 0 amide bonds. The van der Waals surface area contributed by atoms with Crippen LogP contribution in [0, 0.1) is 5.41 Å². The van der Waals surface area contributed by atoms with Gasteiger partial charge in [-0.2, -0.15) is 0 Å². The first-order valence-electron chi connectivity index (χ1n) is 8.02. The van der Waals surface area contributed by atoms with E-state index in [2.05, 4.69) is 21.8 Å². The monoisotopic (exact) mass is 457 g/mol. The molecule has 0 unspecified atom stereocenters. The first-order chi connectivity index (χ1) is 10.3. The van der Waals surface area contributed by atoms with Gasteiger partial charge in [0.25, 0.3) is 0 Å². The Morgan fingerprint density at radius 2 is 2.00 bits per heavy atom. The summed E-state index contributed by atoms with van der Waals surface area (Å²) in [6.45, 7) is 5.37. The van der Waals surface area contributed by atoms with Crippen molar-refractivity contribution in [3.8, 4) is 0 Å². The fourth-order valence-corrected chi connectivity index (χ4v) is 4.18. The highest BCUT2D eigenvalue weighted by atomic mass is 127. The zero-order chi connectivity index (χ0) is 16.6. The molecule has 0 heterocycles. The van der Waals surface area contributed by atoms with E-state index < -0.39 is 9.84 Å². The minimum Gasteiger partial charge on any atom is -0.356 e. The molecule has 1 aliphatic rings. The Bertz CT molecular complexity index is 488. The molecule has 0 aromatic rings. The van der Waals surface area contributed by atoms with Gasteiger partial charge >= 0.3 is 0 Å².